The van der Waals surface area contributed by atoms with Crippen LogP contribution in [-0.2, 0) is 6.54 Å². The molecule has 1 aliphatic carbocycles. The molecule has 8 heteroatoms. The van der Waals surface area contributed by atoms with Gasteiger partial charge in [0, 0.05) is 17.5 Å². The molecule has 2 aromatic heterocycles. The zero-order chi connectivity index (χ0) is 19.8. The lowest BCUT2D eigenvalue weighted by atomic mass is 10.1. The van der Waals surface area contributed by atoms with Crippen molar-refractivity contribution in [2.45, 2.75) is 32.4 Å². The molecule has 1 fully saturated rings. The number of nitrogens with one attached hydrogen (secondary N) is 1. The number of fused-ring (bicyclic) bond motifs is 1. The van der Waals surface area contributed by atoms with E-state index in [1.807, 2.05) is 19.1 Å². The Kier molecular flexibility index (Phi) is 4.80. The van der Waals surface area contributed by atoms with Gasteiger partial charge < -0.3 is 14.8 Å². The minimum Gasteiger partial charge on any atom is -0.493 e. The first-order valence-corrected chi connectivity index (χ1v) is 9.84. The molecule has 4 rings (SSSR count). The van der Waals surface area contributed by atoms with Crippen LogP contribution in [0.2, 0.25) is 0 Å². The summed E-state index contributed by atoms with van der Waals surface area (Å²) in [6, 6.07) is 5.75. The highest BCUT2D eigenvalue weighted by atomic mass is 32.1. The third-order valence-electron chi connectivity index (χ3n) is 4.87. The number of hydrogen-bond acceptors (Lipinski definition) is 6. The fourth-order valence-corrected chi connectivity index (χ4v) is 4.27. The average molecular weight is 399 g/mol. The number of ether oxygens (including phenoxy) is 2. The van der Waals surface area contributed by atoms with Crippen molar-refractivity contribution >= 4 is 27.5 Å². The van der Waals surface area contributed by atoms with Gasteiger partial charge in [-0.15, -0.1) is 11.3 Å². The van der Waals surface area contributed by atoms with Crippen LogP contribution in [0.25, 0.3) is 10.2 Å². The van der Waals surface area contributed by atoms with E-state index in [1.165, 1.54) is 11.3 Å². The van der Waals surface area contributed by atoms with Gasteiger partial charge in [-0.3, -0.25) is 14.2 Å². The van der Waals surface area contributed by atoms with E-state index >= 15 is 0 Å². The molecule has 0 unspecified atom stereocenters. The molecule has 1 aromatic carbocycles. The second kappa shape index (κ2) is 7.27. The van der Waals surface area contributed by atoms with Crippen molar-refractivity contribution in [3.63, 3.8) is 0 Å². The highest BCUT2D eigenvalue weighted by Crippen LogP contribution is 2.34. The van der Waals surface area contributed by atoms with Gasteiger partial charge in [0.25, 0.3) is 11.5 Å². The molecule has 0 saturated heterocycles. The van der Waals surface area contributed by atoms with Gasteiger partial charge in [-0.25, -0.2) is 4.98 Å². The van der Waals surface area contributed by atoms with Gasteiger partial charge in [0.1, 0.15) is 10.2 Å². The minimum absolute atomic E-state index is 0.0560. The normalized spacial score (nSPS) is 13.5. The van der Waals surface area contributed by atoms with Gasteiger partial charge >= 0.3 is 0 Å². The molecule has 1 saturated carbocycles. The molecule has 146 valence electrons. The van der Waals surface area contributed by atoms with Crippen LogP contribution in [0.5, 0.6) is 11.5 Å². The SMILES string of the molecule is COc1ccc(CNC(=O)c2c(C)sc3c(=O)n(C4CC4)cnc23)cc1OC. The third-order valence-corrected chi connectivity index (χ3v) is 5.95. The van der Waals surface area contributed by atoms with Crippen molar-refractivity contribution in [3.05, 3.63) is 50.9 Å². The second-order valence-electron chi connectivity index (χ2n) is 6.77. The van der Waals surface area contributed by atoms with Crippen molar-refractivity contribution in [3.8, 4) is 11.5 Å². The number of amides is 1. The number of rotatable bonds is 6. The molecule has 1 N–H and O–H groups in total. The van der Waals surface area contributed by atoms with Crippen molar-refractivity contribution < 1.29 is 14.3 Å². The third kappa shape index (κ3) is 3.24. The predicted octanol–water partition coefficient (Wildman–Crippen LogP) is 3.05. The number of hydrogen-bond donors (Lipinski definition) is 1. The lowest BCUT2D eigenvalue weighted by Crippen LogP contribution is -2.24. The van der Waals surface area contributed by atoms with Crippen molar-refractivity contribution in [2.75, 3.05) is 14.2 Å². The lowest BCUT2D eigenvalue weighted by Gasteiger charge is -2.10. The van der Waals surface area contributed by atoms with Crippen LogP contribution in [0.15, 0.2) is 29.3 Å². The molecular weight excluding hydrogens is 378 g/mol. The van der Waals surface area contributed by atoms with Gasteiger partial charge in [0.15, 0.2) is 11.5 Å². The van der Waals surface area contributed by atoms with Crippen LogP contribution in [0, 0.1) is 6.92 Å². The highest BCUT2D eigenvalue weighted by molar-refractivity contribution is 7.19. The Morgan fingerprint density at radius 2 is 2.04 bits per heavy atom. The Morgan fingerprint density at radius 3 is 2.71 bits per heavy atom. The molecule has 0 spiro atoms. The molecule has 1 aliphatic rings. The smallest absolute Gasteiger partial charge is 0.271 e. The van der Waals surface area contributed by atoms with E-state index < -0.39 is 0 Å². The standard InChI is InChI=1S/C20H21N3O4S/c1-11-16(17-18(28-11)20(25)23(10-22-17)13-5-6-13)19(24)21-9-12-4-7-14(26-2)15(8-12)27-3/h4,7-8,10,13H,5-6,9H2,1-3H3,(H,21,24). The van der Waals surface area contributed by atoms with Gasteiger partial charge in [0.2, 0.25) is 0 Å². The maximum absolute atomic E-state index is 12.8. The van der Waals surface area contributed by atoms with Crippen molar-refractivity contribution in [1.82, 2.24) is 14.9 Å². The Hall–Kier alpha value is -2.87. The van der Waals surface area contributed by atoms with E-state index in [9.17, 15) is 9.59 Å². The Balaban J connectivity index is 1.58. The number of carbonyl (C=O) groups is 1. The summed E-state index contributed by atoms with van der Waals surface area (Å²) >= 11 is 1.33. The fourth-order valence-electron chi connectivity index (χ4n) is 3.23. The van der Waals surface area contributed by atoms with E-state index in [-0.39, 0.29) is 17.5 Å². The van der Waals surface area contributed by atoms with Crippen LogP contribution < -0.4 is 20.3 Å². The van der Waals surface area contributed by atoms with E-state index in [0.717, 1.165) is 23.3 Å². The van der Waals surface area contributed by atoms with E-state index in [0.29, 0.717) is 33.8 Å². The van der Waals surface area contributed by atoms with E-state index in [2.05, 4.69) is 10.3 Å². The molecular formula is C20H21N3O4S. The molecule has 0 bridgehead atoms. The zero-order valence-corrected chi connectivity index (χ0v) is 16.8. The molecule has 3 aromatic rings. The number of aryl methyl sites for hydroxylation is 1. The van der Waals surface area contributed by atoms with Crippen LogP contribution in [0.1, 0.15) is 39.7 Å². The van der Waals surface area contributed by atoms with Gasteiger partial charge in [0.05, 0.1) is 26.1 Å². The summed E-state index contributed by atoms with van der Waals surface area (Å²) in [5.74, 6) is 0.997. The Labute approximate surface area is 165 Å². The lowest BCUT2D eigenvalue weighted by molar-refractivity contribution is 0.0952. The number of benzene rings is 1. The van der Waals surface area contributed by atoms with E-state index in [1.54, 1.807) is 31.2 Å². The number of aromatic nitrogens is 2. The van der Waals surface area contributed by atoms with Crippen molar-refractivity contribution in [2.24, 2.45) is 0 Å². The largest absolute Gasteiger partial charge is 0.493 e. The summed E-state index contributed by atoms with van der Waals surface area (Å²) in [4.78, 5) is 30.7. The number of carbonyl (C=O) groups excluding carboxylic acids is 1. The quantitative estimate of drug-likeness (QED) is 0.689. The summed E-state index contributed by atoms with van der Waals surface area (Å²) in [6.45, 7) is 2.17. The summed E-state index contributed by atoms with van der Waals surface area (Å²) in [6.07, 6.45) is 3.59. The summed E-state index contributed by atoms with van der Waals surface area (Å²) in [5.41, 5.74) is 1.78. The molecule has 1 amide bonds. The van der Waals surface area contributed by atoms with Gasteiger partial charge in [-0.05, 0) is 37.5 Å². The molecule has 7 nitrogen and oxygen atoms in total. The first kappa shape index (κ1) is 18.5. The van der Waals surface area contributed by atoms with Crippen LogP contribution >= 0.6 is 11.3 Å². The molecule has 0 radical (unpaired) electrons. The number of thiophene rings is 1. The fraction of sp³-hybridized carbons (Fsp3) is 0.350. The van der Waals surface area contributed by atoms with Crippen LogP contribution in [-0.4, -0.2) is 29.7 Å². The Morgan fingerprint density at radius 1 is 1.29 bits per heavy atom. The number of methoxy groups -OCH3 is 2. The minimum atomic E-state index is -0.241. The Bertz CT molecular complexity index is 1110. The first-order chi connectivity index (χ1) is 13.5. The molecule has 0 atom stereocenters. The summed E-state index contributed by atoms with van der Waals surface area (Å²) in [5, 5.41) is 2.91. The molecule has 0 aliphatic heterocycles. The number of nitrogens with zero attached hydrogens (tertiary/aromatic N) is 2. The topological polar surface area (TPSA) is 82.5 Å². The second-order valence-corrected chi connectivity index (χ2v) is 8.00. The monoisotopic (exact) mass is 399 g/mol. The van der Waals surface area contributed by atoms with Gasteiger partial charge in [-0.1, -0.05) is 6.07 Å². The average Bonchev–Trinajstić information content (AvgIpc) is 3.48. The maximum Gasteiger partial charge on any atom is 0.271 e. The van der Waals surface area contributed by atoms with Crippen molar-refractivity contribution in [1.29, 1.82) is 0 Å². The highest BCUT2D eigenvalue weighted by Gasteiger charge is 2.27. The molecule has 28 heavy (non-hydrogen) atoms. The first-order valence-electron chi connectivity index (χ1n) is 9.02. The molecule has 2 heterocycles. The van der Waals surface area contributed by atoms with Crippen LogP contribution in [0.3, 0.4) is 0 Å². The van der Waals surface area contributed by atoms with Gasteiger partial charge in [-0.2, -0.15) is 0 Å². The maximum atomic E-state index is 12.8. The van der Waals surface area contributed by atoms with Crippen LogP contribution in [0.4, 0.5) is 0 Å². The van der Waals surface area contributed by atoms with E-state index in [4.69, 9.17) is 9.47 Å². The summed E-state index contributed by atoms with van der Waals surface area (Å²) < 4.78 is 12.8. The predicted molar refractivity (Wildman–Crippen MR) is 108 cm³/mol. The zero-order valence-electron chi connectivity index (χ0n) is 15.9. The summed E-state index contributed by atoms with van der Waals surface area (Å²) in [7, 11) is 3.15.